The molecule has 1 saturated heterocycles. The van der Waals surface area contributed by atoms with E-state index in [1.165, 1.54) is 4.90 Å². The molecule has 1 rings (SSSR count). The third-order valence-corrected chi connectivity index (χ3v) is 3.29. The molecule has 7 heteroatoms. The molecule has 1 atom stereocenters. The Kier molecular flexibility index (Phi) is 5.87. The average Bonchev–Trinajstić information content (AvgIpc) is 2.27. The van der Waals surface area contributed by atoms with Crippen molar-refractivity contribution < 1.29 is 22.1 Å². The van der Waals surface area contributed by atoms with Crippen LogP contribution in [0.4, 0.5) is 4.79 Å². The smallest absolute Gasteiger partial charge is 0.409 e. The lowest BCUT2D eigenvalue weighted by atomic mass is 10.1. The molecule has 6 nitrogen and oxygen atoms in total. The molecule has 1 unspecified atom stereocenters. The minimum atomic E-state index is -3.47. The van der Waals surface area contributed by atoms with Gasteiger partial charge in [0.1, 0.15) is 0 Å². The van der Waals surface area contributed by atoms with Crippen LogP contribution in [0.25, 0.3) is 0 Å². The van der Waals surface area contributed by atoms with Gasteiger partial charge < -0.3 is 9.64 Å². The van der Waals surface area contributed by atoms with E-state index < -0.39 is 16.2 Å². The van der Waals surface area contributed by atoms with E-state index in [0.717, 1.165) is 25.5 Å². The van der Waals surface area contributed by atoms with Crippen LogP contribution in [0, 0.1) is 0 Å². The molecule has 0 bridgehead atoms. The van der Waals surface area contributed by atoms with Gasteiger partial charge in [-0.1, -0.05) is 13.3 Å². The van der Waals surface area contributed by atoms with E-state index >= 15 is 0 Å². The number of rotatable bonds is 5. The van der Waals surface area contributed by atoms with Crippen molar-refractivity contribution in [3.8, 4) is 0 Å². The van der Waals surface area contributed by atoms with Crippen molar-refractivity contribution in [3.63, 3.8) is 0 Å². The Labute approximate surface area is 108 Å². The van der Waals surface area contributed by atoms with Crippen LogP contribution in [0.1, 0.15) is 32.6 Å². The van der Waals surface area contributed by atoms with Crippen molar-refractivity contribution in [3.05, 3.63) is 0 Å². The summed E-state index contributed by atoms with van der Waals surface area (Å²) in [6.45, 7) is 3.29. The molecule has 0 aromatic rings. The van der Waals surface area contributed by atoms with Gasteiger partial charge in [0.25, 0.3) is 10.1 Å². The second-order valence-corrected chi connectivity index (χ2v) is 6.08. The number of nitrogens with zero attached hydrogens (tertiary/aromatic N) is 1. The highest BCUT2D eigenvalue weighted by atomic mass is 32.2. The number of piperidine rings is 1. The second kappa shape index (κ2) is 6.94. The van der Waals surface area contributed by atoms with Crippen molar-refractivity contribution in [2.24, 2.45) is 0 Å². The van der Waals surface area contributed by atoms with Crippen LogP contribution in [-0.2, 0) is 19.0 Å². The highest BCUT2D eigenvalue weighted by molar-refractivity contribution is 7.86. The van der Waals surface area contributed by atoms with E-state index in [9.17, 15) is 13.2 Å². The average molecular weight is 279 g/mol. The lowest BCUT2D eigenvalue weighted by molar-refractivity contribution is 0.0605. The first-order chi connectivity index (χ1) is 8.42. The van der Waals surface area contributed by atoms with Crippen LogP contribution in [0.5, 0.6) is 0 Å². The Morgan fingerprint density at radius 3 is 2.78 bits per heavy atom. The molecule has 0 radical (unpaired) electrons. The van der Waals surface area contributed by atoms with Gasteiger partial charge in [0, 0.05) is 6.54 Å². The second-order valence-electron chi connectivity index (χ2n) is 4.48. The van der Waals surface area contributed by atoms with E-state index in [4.69, 9.17) is 8.92 Å². The quantitative estimate of drug-likeness (QED) is 0.561. The minimum absolute atomic E-state index is 0.276. The first kappa shape index (κ1) is 15.2. The Morgan fingerprint density at radius 2 is 2.17 bits per heavy atom. The minimum Gasteiger partial charge on any atom is -0.449 e. The van der Waals surface area contributed by atoms with Crippen LogP contribution < -0.4 is 0 Å². The van der Waals surface area contributed by atoms with Gasteiger partial charge in [-0.05, 0) is 19.3 Å². The predicted octanol–water partition coefficient (Wildman–Crippen LogP) is 1.36. The maximum atomic E-state index is 11.7. The standard InChI is InChI=1S/C11H21NO5S/c1-3-4-8-16-11(13)12-7-5-6-10(9-12)17-18(2,14)15/h10H,3-9H2,1-2H3. The normalized spacial score (nSPS) is 20.8. The van der Waals surface area contributed by atoms with Gasteiger partial charge in [-0.3, -0.25) is 4.18 Å². The maximum Gasteiger partial charge on any atom is 0.409 e. The molecule has 1 aliphatic heterocycles. The van der Waals surface area contributed by atoms with E-state index in [2.05, 4.69) is 0 Å². The molecule has 1 aliphatic rings. The summed E-state index contributed by atoms with van der Waals surface area (Å²) in [6.07, 6.45) is 3.36. The number of ether oxygens (including phenoxy) is 1. The predicted molar refractivity (Wildman–Crippen MR) is 66.8 cm³/mol. The third-order valence-electron chi connectivity index (χ3n) is 2.67. The SMILES string of the molecule is CCCCOC(=O)N1CCCC(OS(C)(=O)=O)C1. The number of unbranched alkanes of at least 4 members (excludes halogenated alkanes) is 1. The molecule has 18 heavy (non-hydrogen) atoms. The summed E-state index contributed by atoms with van der Waals surface area (Å²) >= 11 is 0. The van der Waals surface area contributed by atoms with E-state index in [-0.39, 0.29) is 12.6 Å². The van der Waals surface area contributed by atoms with Crippen molar-refractivity contribution in [1.82, 2.24) is 4.90 Å². The van der Waals surface area contributed by atoms with Gasteiger partial charge in [-0.25, -0.2) is 4.79 Å². The summed E-state index contributed by atoms with van der Waals surface area (Å²) in [5.74, 6) is 0. The largest absolute Gasteiger partial charge is 0.449 e. The van der Waals surface area contributed by atoms with Crippen LogP contribution >= 0.6 is 0 Å². The van der Waals surface area contributed by atoms with Gasteiger partial charge >= 0.3 is 6.09 Å². The summed E-state index contributed by atoms with van der Waals surface area (Å²) in [7, 11) is -3.47. The Bertz CT molecular complexity index is 368. The summed E-state index contributed by atoms with van der Waals surface area (Å²) in [5.41, 5.74) is 0. The Morgan fingerprint density at radius 1 is 1.44 bits per heavy atom. The first-order valence-electron chi connectivity index (χ1n) is 6.22. The van der Waals surface area contributed by atoms with Gasteiger partial charge in [0.05, 0.1) is 25.5 Å². The Balaban J connectivity index is 2.40. The van der Waals surface area contributed by atoms with Crippen LogP contribution in [0.3, 0.4) is 0 Å². The number of amides is 1. The van der Waals surface area contributed by atoms with E-state index in [1.54, 1.807) is 0 Å². The number of hydrogen-bond donors (Lipinski definition) is 0. The molecular weight excluding hydrogens is 258 g/mol. The number of likely N-dealkylation sites (tertiary alicyclic amines) is 1. The summed E-state index contributed by atoms with van der Waals surface area (Å²) in [6, 6.07) is 0. The molecule has 0 aromatic carbocycles. The van der Waals surface area contributed by atoms with Crippen molar-refractivity contribution in [2.75, 3.05) is 26.0 Å². The fraction of sp³-hybridized carbons (Fsp3) is 0.909. The van der Waals surface area contributed by atoms with E-state index in [1.807, 2.05) is 6.92 Å². The fourth-order valence-electron chi connectivity index (χ4n) is 1.82. The van der Waals surface area contributed by atoms with Gasteiger partial charge in [0.2, 0.25) is 0 Å². The van der Waals surface area contributed by atoms with Gasteiger partial charge in [-0.15, -0.1) is 0 Å². The maximum absolute atomic E-state index is 11.7. The van der Waals surface area contributed by atoms with Crippen LogP contribution in [-0.4, -0.2) is 51.5 Å². The van der Waals surface area contributed by atoms with Crippen molar-refractivity contribution in [2.45, 2.75) is 38.7 Å². The molecule has 0 saturated carbocycles. The van der Waals surface area contributed by atoms with Gasteiger partial charge in [0.15, 0.2) is 0 Å². The zero-order chi connectivity index (χ0) is 13.6. The summed E-state index contributed by atoms with van der Waals surface area (Å²) < 4.78 is 32.0. The first-order valence-corrected chi connectivity index (χ1v) is 8.04. The molecule has 0 aliphatic carbocycles. The molecule has 0 N–H and O–H groups in total. The molecule has 1 heterocycles. The number of hydrogen-bond acceptors (Lipinski definition) is 5. The monoisotopic (exact) mass is 279 g/mol. The van der Waals surface area contributed by atoms with Crippen molar-refractivity contribution >= 4 is 16.2 Å². The molecule has 0 aromatic heterocycles. The molecule has 1 fully saturated rings. The van der Waals surface area contributed by atoms with Crippen molar-refractivity contribution in [1.29, 1.82) is 0 Å². The van der Waals surface area contributed by atoms with E-state index in [0.29, 0.717) is 19.6 Å². The lowest BCUT2D eigenvalue weighted by Crippen LogP contribution is -2.44. The number of carbonyl (C=O) groups is 1. The third kappa shape index (κ3) is 5.68. The molecule has 106 valence electrons. The van der Waals surface area contributed by atoms with Crippen LogP contribution in [0.15, 0.2) is 0 Å². The zero-order valence-corrected chi connectivity index (χ0v) is 11.7. The summed E-state index contributed by atoms with van der Waals surface area (Å²) in [5, 5.41) is 0. The topological polar surface area (TPSA) is 72.9 Å². The molecular formula is C11H21NO5S. The lowest BCUT2D eigenvalue weighted by Gasteiger charge is -2.31. The highest BCUT2D eigenvalue weighted by Gasteiger charge is 2.27. The fourth-order valence-corrected chi connectivity index (χ4v) is 2.48. The highest BCUT2D eigenvalue weighted by Crippen LogP contribution is 2.15. The zero-order valence-electron chi connectivity index (χ0n) is 10.9. The number of carbonyl (C=O) groups excluding carboxylic acids is 1. The summed E-state index contributed by atoms with van der Waals surface area (Å²) in [4.78, 5) is 13.2. The molecule has 1 amide bonds. The molecule has 0 spiro atoms. The van der Waals surface area contributed by atoms with Crippen LogP contribution in [0.2, 0.25) is 0 Å². The van der Waals surface area contributed by atoms with Gasteiger partial charge in [-0.2, -0.15) is 8.42 Å². The Hall–Kier alpha value is -0.820.